The number of nitrogens with zero attached hydrogens (tertiary/aromatic N) is 2. The topological polar surface area (TPSA) is 65.4 Å². The van der Waals surface area contributed by atoms with E-state index in [1.54, 1.807) is 35.3 Å². The summed E-state index contributed by atoms with van der Waals surface area (Å²) in [6.45, 7) is -1.41. The summed E-state index contributed by atoms with van der Waals surface area (Å²) < 4.78 is 35.8. The molecule has 2 heterocycles. The number of halogens is 2. The molecule has 3 rings (SSSR count). The highest BCUT2D eigenvalue weighted by atomic mass is 19.3. The predicted molar refractivity (Wildman–Crippen MR) is 91.9 cm³/mol. The van der Waals surface area contributed by atoms with Gasteiger partial charge >= 0.3 is 6.61 Å². The maximum absolute atomic E-state index is 12.1. The van der Waals surface area contributed by atoms with E-state index in [2.05, 4.69) is 15.2 Å². The van der Waals surface area contributed by atoms with Crippen molar-refractivity contribution in [2.45, 2.75) is 32.1 Å². The molecule has 0 bridgehead atoms. The van der Waals surface area contributed by atoms with Crippen molar-refractivity contribution in [3.8, 4) is 5.75 Å². The molecule has 0 radical (unpaired) electrons. The number of carbonyl (C=O) groups is 1. The molecule has 1 N–H and O–H groups in total. The Morgan fingerprint density at radius 2 is 2.23 bits per heavy atom. The molecule has 0 spiro atoms. The van der Waals surface area contributed by atoms with E-state index in [0.717, 1.165) is 19.4 Å². The van der Waals surface area contributed by atoms with Crippen LogP contribution in [0.2, 0.25) is 0 Å². The van der Waals surface area contributed by atoms with Gasteiger partial charge in [0.15, 0.2) is 0 Å². The number of aromatic nitrogens is 2. The lowest BCUT2D eigenvalue weighted by Gasteiger charge is -2.08. The number of benzene rings is 1. The second-order valence-corrected chi connectivity index (χ2v) is 5.86. The number of ether oxygens (including phenoxy) is 2. The number of rotatable bonds is 7. The third-order valence-electron chi connectivity index (χ3n) is 3.85. The molecule has 1 atom stereocenters. The average Bonchev–Trinajstić information content (AvgIpc) is 3.26. The Hall–Kier alpha value is -2.74. The van der Waals surface area contributed by atoms with Crippen LogP contribution >= 0.6 is 0 Å². The van der Waals surface area contributed by atoms with Crippen LogP contribution in [0.5, 0.6) is 5.75 Å². The lowest BCUT2D eigenvalue weighted by Crippen LogP contribution is -2.15. The molecule has 1 aliphatic rings. The van der Waals surface area contributed by atoms with Gasteiger partial charge < -0.3 is 14.8 Å². The number of carbonyl (C=O) groups excluding carboxylic acids is 1. The van der Waals surface area contributed by atoms with Gasteiger partial charge in [0.2, 0.25) is 5.91 Å². The molecule has 1 aromatic carbocycles. The third kappa shape index (κ3) is 5.38. The van der Waals surface area contributed by atoms with Crippen LogP contribution in [-0.4, -0.2) is 35.0 Å². The summed E-state index contributed by atoms with van der Waals surface area (Å²) in [6, 6.07) is 6.00. The van der Waals surface area contributed by atoms with Gasteiger partial charge in [-0.05, 0) is 36.6 Å². The fourth-order valence-corrected chi connectivity index (χ4v) is 2.64. The molecule has 8 heteroatoms. The number of alkyl halides is 2. The van der Waals surface area contributed by atoms with Crippen molar-refractivity contribution >= 4 is 17.7 Å². The molecule has 1 aromatic heterocycles. The third-order valence-corrected chi connectivity index (χ3v) is 3.85. The Bertz CT molecular complexity index is 753. The van der Waals surface area contributed by atoms with E-state index in [9.17, 15) is 13.6 Å². The van der Waals surface area contributed by atoms with Crippen molar-refractivity contribution in [1.82, 2.24) is 9.78 Å². The Morgan fingerprint density at radius 1 is 1.42 bits per heavy atom. The molecule has 26 heavy (non-hydrogen) atoms. The van der Waals surface area contributed by atoms with Crippen LogP contribution in [-0.2, 0) is 16.1 Å². The summed E-state index contributed by atoms with van der Waals surface area (Å²) in [4.78, 5) is 12.0. The number of hydrogen-bond donors (Lipinski definition) is 1. The highest BCUT2D eigenvalue weighted by Crippen LogP contribution is 2.16. The number of anilines is 1. The zero-order valence-corrected chi connectivity index (χ0v) is 14.0. The summed E-state index contributed by atoms with van der Waals surface area (Å²) in [6.07, 6.45) is 8.54. The molecule has 1 amide bonds. The molecule has 1 saturated heterocycles. The van der Waals surface area contributed by atoms with Crippen molar-refractivity contribution in [3.05, 3.63) is 48.3 Å². The van der Waals surface area contributed by atoms with E-state index in [-0.39, 0.29) is 17.8 Å². The molecule has 1 fully saturated rings. The minimum atomic E-state index is -2.86. The van der Waals surface area contributed by atoms with E-state index in [1.807, 2.05) is 0 Å². The van der Waals surface area contributed by atoms with Crippen LogP contribution in [0.3, 0.4) is 0 Å². The van der Waals surface area contributed by atoms with Gasteiger partial charge in [-0.1, -0.05) is 12.1 Å². The summed E-state index contributed by atoms with van der Waals surface area (Å²) in [5.41, 5.74) is 1.29. The van der Waals surface area contributed by atoms with Crippen molar-refractivity contribution < 1.29 is 23.0 Å². The summed E-state index contributed by atoms with van der Waals surface area (Å²) in [5.74, 6) is -0.241. The minimum Gasteiger partial charge on any atom is -0.435 e. The molecule has 138 valence electrons. The van der Waals surface area contributed by atoms with Gasteiger partial charge in [0, 0.05) is 18.9 Å². The van der Waals surface area contributed by atoms with Crippen LogP contribution in [0.25, 0.3) is 6.08 Å². The quantitative estimate of drug-likeness (QED) is 0.767. The van der Waals surface area contributed by atoms with Gasteiger partial charge in [0.25, 0.3) is 0 Å². The molecular weight excluding hydrogens is 344 g/mol. The standard InChI is InChI=1S/C18H19F2N3O3/c19-18(20)26-15-6-3-13(4-7-15)5-8-17(24)22-14-10-21-23(11-14)12-16-2-1-9-25-16/h3-8,10-11,16,18H,1-2,9,12H2,(H,22,24). The van der Waals surface area contributed by atoms with Gasteiger partial charge in [0.1, 0.15) is 5.75 Å². The van der Waals surface area contributed by atoms with E-state index in [4.69, 9.17) is 4.74 Å². The SMILES string of the molecule is O=C(C=Cc1ccc(OC(F)F)cc1)Nc1cnn(CC2CCCO2)c1. The Balaban J connectivity index is 1.50. The smallest absolute Gasteiger partial charge is 0.387 e. The fourth-order valence-electron chi connectivity index (χ4n) is 2.64. The first kappa shape index (κ1) is 18.1. The Labute approximate surface area is 149 Å². The first-order valence-electron chi connectivity index (χ1n) is 8.26. The first-order chi connectivity index (χ1) is 12.6. The first-order valence-corrected chi connectivity index (χ1v) is 8.26. The van der Waals surface area contributed by atoms with Crippen molar-refractivity contribution in [2.75, 3.05) is 11.9 Å². The highest BCUT2D eigenvalue weighted by Gasteiger charge is 2.16. The largest absolute Gasteiger partial charge is 0.435 e. The molecule has 1 unspecified atom stereocenters. The van der Waals surface area contributed by atoms with Crippen LogP contribution in [0.1, 0.15) is 18.4 Å². The fraction of sp³-hybridized carbons (Fsp3) is 0.333. The average molecular weight is 363 g/mol. The number of amides is 1. The molecular formula is C18H19F2N3O3. The number of hydrogen-bond acceptors (Lipinski definition) is 4. The summed E-state index contributed by atoms with van der Waals surface area (Å²) >= 11 is 0. The zero-order chi connectivity index (χ0) is 18.4. The lowest BCUT2D eigenvalue weighted by atomic mass is 10.2. The van der Waals surface area contributed by atoms with Crippen LogP contribution in [0.15, 0.2) is 42.7 Å². The molecule has 0 aliphatic carbocycles. The van der Waals surface area contributed by atoms with E-state index >= 15 is 0 Å². The zero-order valence-electron chi connectivity index (χ0n) is 14.0. The normalized spacial score (nSPS) is 17.1. The maximum Gasteiger partial charge on any atom is 0.387 e. The maximum atomic E-state index is 12.1. The van der Waals surface area contributed by atoms with E-state index in [1.165, 1.54) is 18.2 Å². The van der Waals surface area contributed by atoms with Gasteiger partial charge in [0.05, 0.1) is 24.5 Å². The van der Waals surface area contributed by atoms with Crippen molar-refractivity contribution in [1.29, 1.82) is 0 Å². The number of nitrogens with one attached hydrogen (secondary N) is 1. The van der Waals surface area contributed by atoms with E-state index in [0.29, 0.717) is 17.8 Å². The van der Waals surface area contributed by atoms with Gasteiger partial charge in [-0.2, -0.15) is 13.9 Å². The molecule has 1 aliphatic heterocycles. The monoisotopic (exact) mass is 363 g/mol. The van der Waals surface area contributed by atoms with Crippen LogP contribution in [0.4, 0.5) is 14.5 Å². The van der Waals surface area contributed by atoms with Gasteiger partial charge in [-0.3, -0.25) is 9.48 Å². The molecule has 6 nitrogen and oxygen atoms in total. The van der Waals surface area contributed by atoms with Gasteiger partial charge in [-0.25, -0.2) is 0 Å². The second-order valence-electron chi connectivity index (χ2n) is 5.86. The van der Waals surface area contributed by atoms with Gasteiger partial charge in [-0.15, -0.1) is 0 Å². The Morgan fingerprint density at radius 3 is 2.92 bits per heavy atom. The minimum absolute atomic E-state index is 0.0697. The van der Waals surface area contributed by atoms with Crippen molar-refractivity contribution in [2.24, 2.45) is 0 Å². The second kappa shape index (κ2) is 8.57. The molecule has 0 saturated carbocycles. The summed E-state index contributed by atoms with van der Waals surface area (Å²) in [7, 11) is 0. The van der Waals surface area contributed by atoms with Crippen LogP contribution in [0, 0.1) is 0 Å². The highest BCUT2D eigenvalue weighted by molar-refractivity contribution is 6.01. The predicted octanol–water partition coefficient (Wildman–Crippen LogP) is 3.32. The Kier molecular flexibility index (Phi) is 5.96. The van der Waals surface area contributed by atoms with E-state index < -0.39 is 6.61 Å². The van der Waals surface area contributed by atoms with Crippen molar-refractivity contribution in [3.63, 3.8) is 0 Å². The molecule has 2 aromatic rings. The lowest BCUT2D eigenvalue weighted by molar-refractivity contribution is -0.111. The van der Waals surface area contributed by atoms with Crippen LogP contribution < -0.4 is 10.1 Å². The summed E-state index contributed by atoms with van der Waals surface area (Å²) in [5, 5.41) is 6.93.